The van der Waals surface area contributed by atoms with Gasteiger partial charge in [-0.2, -0.15) is 0 Å². The van der Waals surface area contributed by atoms with Crippen LogP contribution in [0.1, 0.15) is 46.5 Å². The summed E-state index contributed by atoms with van der Waals surface area (Å²) in [5.41, 5.74) is 21.4. The van der Waals surface area contributed by atoms with Crippen LogP contribution in [0.25, 0.3) is 0 Å². The van der Waals surface area contributed by atoms with Crippen molar-refractivity contribution >= 4 is 35.6 Å². The van der Waals surface area contributed by atoms with Gasteiger partial charge in [0, 0.05) is 13.0 Å². The molecular weight excluding hydrogens is 464 g/mol. The first-order chi connectivity index (χ1) is 16.2. The summed E-state index contributed by atoms with van der Waals surface area (Å²) >= 11 is 0. The fraction of sp³-hybridized carbons (Fsp3) is 0.700. The summed E-state index contributed by atoms with van der Waals surface area (Å²) in [6.45, 7) is 4.64. The smallest absolute Gasteiger partial charge is 0.328 e. The highest BCUT2D eigenvalue weighted by Gasteiger charge is 2.32. The van der Waals surface area contributed by atoms with E-state index in [4.69, 9.17) is 22.9 Å². The number of aliphatic imine (C=N–C) groups is 1. The van der Waals surface area contributed by atoms with Crippen LogP contribution in [0, 0.1) is 5.92 Å². The van der Waals surface area contributed by atoms with Crippen molar-refractivity contribution in [2.45, 2.75) is 76.7 Å². The third-order valence-electron chi connectivity index (χ3n) is 4.91. The zero-order chi connectivity index (χ0) is 27.3. The average Bonchev–Trinajstić information content (AvgIpc) is 2.74. The van der Waals surface area contributed by atoms with Crippen molar-refractivity contribution < 1.29 is 34.2 Å². The molecule has 0 bridgehead atoms. The Hall–Kier alpha value is -3.46. The monoisotopic (exact) mass is 502 g/mol. The van der Waals surface area contributed by atoms with E-state index < -0.39 is 65.8 Å². The molecule has 4 amide bonds. The minimum Gasteiger partial charge on any atom is -0.480 e. The van der Waals surface area contributed by atoms with Crippen LogP contribution in [-0.2, 0) is 24.0 Å². The van der Waals surface area contributed by atoms with Gasteiger partial charge in [0.25, 0.3) is 0 Å². The second-order valence-corrected chi connectivity index (χ2v) is 8.42. The van der Waals surface area contributed by atoms with Crippen molar-refractivity contribution in [1.82, 2.24) is 16.0 Å². The van der Waals surface area contributed by atoms with Crippen molar-refractivity contribution in [3.8, 4) is 0 Å². The zero-order valence-electron chi connectivity index (χ0n) is 20.2. The number of rotatable bonds is 16. The molecule has 15 heteroatoms. The van der Waals surface area contributed by atoms with Crippen LogP contribution in [-0.4, -0.2) is 82.6 Å². The minimum atomic E-state index is -1.61. The number of carbonyl (C=O) groups excluding carboxylic acids is 4. The highest BCUT2D eigenvalue weighted by molar-refractivity contribution is 5.94. The Bertz CT molecular complexity index is 783. The lowest BCUT2D eigenvalue weighted by Gasteiger charge is -2.27. The Kier molecular flexibility index (Phi) is 13.9. The van der Waals surface area contributed by atoms with E-state index >= 15 is 0 Å². The molecule has 0 fully saturated rings. The predicted octanol–water partition coefficient (Wildman–Crippen LogP) is -3.79. The van der Waals surface area contributed by atoms with Crippen molar-refractivity contribution in [2.24, 2.45) is 33.8 Å². The number of hydrogen-bond donors (Lipinski definition) is 9. The molecule has 0 aromatic heterocycles. The number of carbonyl (C=O) groups is 5. The molecule has 0 aromatic rings. The first kappa shape index (κ1) is 31.5. The van der Waals surface area contributed by atoms with E-state index in [1.165, 1.54) is 6.92 Å². The van der Waals surface area contributed by atoms with Gasteiger partial charge < -0.3 is 49.1 Å². The molecule has 15 nitrogen and oxygen atoms in total. The molecule has 5 unspecified atom stereocenters. The maximum Gasteiger partial charge on any atom is 0.328 e. The fourth-order valence-corrected chi connectivity index (χ4v) is 2.90. The van der Waals surface area contributed by atoms with Gasteiger partial charge in [0.05, 0.1) is 12.1 Å². The summed E-state index contributed by atoms with van der Waals surface area (Å²) in [4.78, 5) is 64.2. The predicted molar refractivity (Wildman–Crippen MR) is 126 cm³/mol. The summed E-state index contributed by atoms with van der Waals surface area (Å²) in [6.07, 6.45) is -1.26. The number of aliphatic carboxylic acids is 1. The maximum atomic E-state index is 13.0. The van der Waals surface area contributed by atoms with E-state index in [1.54, 1.807) is 13.8 Å². The van der Waals surface area contributed by atoms with Gasteiger partial charge >= 0.3 is 5.97 Å². The zero-order valence-corrected chi connectivity index (χ0v) is 20.2. The minimum absolute atomic E-state index is 0.0145. The van der Waals surface area contributed by atoms with Crippen LogP contribution >= 0.6 is 0 Å². The molecule has 5 atom stereocenters. The van der Waals surface area contributed by atoms with E-state index in [2.05, 4.69) is 20.9 Å². The molecule has 13 N–H and O–H groups in total. The number of carboxylic acids is 1. The number of aliphatic hydroxyl groups is 1. The molecule has 35 heavy (non-hydrogen) atoms. The Labute approximate surface area is 203 Å². The van der Waals surface area contributed by atoms with Crippen molar-refractivity contribution in [3.63, 3.8) is 0 Å². The molecule has 0 saturated heterocycles. The number of carboxylic acid groups (broad SMARTS) is 1. The molecular formula is C20H38N8O7. The van der Waals surface area contributed by atoms with Crippen LogP contribution in [0.4, 0.5) is 0 Å². The molecule has 0 aliphatic heterocycles. The molecule has 0 aliphatic rings. The molecule has 0 heterocycles. The maximum absolute atomic E-state index is 13.0. The lowest BCUT2D eigenvalue weighted by molar-refractivity contribution is -0.145. The second-order valence-electron chi connectivity index (χ2n) is 8.42. The van der Waals surface area contributed by atoms with Crippen LogP contribution in [0.2, 0.25) is 0 Å². The van der Waals surface area contributed by atoms with Gasteiger partial charge in [-0.3, -0.25) is 24.2 Å². The number of nitrogens with zero attached hydrogens (tertiary/aromatic N) is 1. The number of nitrogens with one attached hydrogen (secondary N) is 3. The normalized spacial score (nSPS) is 15.1. The molecule has 0 aromatic carbocycles. The largest absolute Gasteiger partial charge is 0.480 e. The Morgan fingerprint density at radius 2 is 1.43 bits per heavy atom. The van der Waals surface area contributed by atoms with Gasteiger partial charge in [-0.15, -0.1) is 0 Å². The van der Waals surface area contributed by atoms with Gasteiger partial charge in [-0.1, -0.05) is 13.8 Å². The average molecular weight is 503 g/mol. The van der Waals surface area contributed by atoms with E-state index in [0.29, 0.717) is 0 Å². The summed E-state index contributed by atoms with van der Waals surface area (Å²) in [5, 5.41) is 26.0. The highest BCUT2D eigenvalue weighted by Crippen LogP contribution is 2.07. The van der Waals surface area contributed by atoms with Crippen molar-refractivity contribution in [1.29, 1.82) is 0 Å². The van der Waals surface area contributed by atoms with E-state index in [9.17, 15) is 34.2 Å². The molecule has 0 spiro atoms. The first-order valence-corrected chi connectivity index (χ1v) is 11.1. The van der Waals surface area contributed by atoms with Gasteiger partial charge in [0.1, 0.15) is 12.1 Å². The number of guanidine groups is 1. The van der Waals surface area contributed by atoms with Gasteiger partial charge in [0.15, 0.2) is 12.0 Å². The number of aliphatic hydroxyl groups excluding tert-OH is 1. The van der Waals surface area contributed by atoms with Crippen LogP contribution in [0.15, 0.2) is 4.99 Å². The molecule has 0 rings (SSSR count). The quantitative estimate of drug-likeness (QED) is 0.0563. The molecule has 0 aliphatic carbocycles. The third-order valence-corrected chi connectivity index (χ3v) is 4.91. The lowest BCUT2D eigenvalue weighted by Crippen LogP contribution is -2.59. The Morgan fingerprint density at radius 1 is 0.857 bits per heavy atom. The van der Waals surface area contributed by atoms with Crippen LogP contribution < -0.4 is 38.9 Å². The van der Waals surface area contributed by atoms with Gasteiger partial charge in [-0.25, -0.2) is 4.79 Å². The number of amides is 4. The van der Waals surface area contributed by atoms with Gasteiger partial charge in [0.2, 0.25) is 23.6 Å². The number of hydrogen-bond acceptors (Lipinski definition) is 8. The summed E-state index contributed by atoms with van der Waals surface area (Å²) in [7, 11) is 0. The Balaban J connectivity index is 5.52. The van der Waals surface area contributed by atoms with E-state index in [-0.39, 0.29) is 38.2 Å². The molecule has 200 valence electrons. The highest BCUT2D eigenvalue weighted by atomic mass is 16.4. The summed E-state index contributed by atoms with van der Waals surface area (Å²) < 4.78 is 0. The summed E-state index contributed by atoms with van der Waals surface area (Å²) in [6, 6.07) is -5.01. The van der Waals surface area contributed by atoms with Crippen LogP contribution in [0.5, 0.6) is 0 Å². The first-order valence-electron chi connectivity index (χ1n) is 11.1. The van der Waals surface area contributed by atoms with Crippen molar-refractivity contribution in [3.05, 3.63) is 0 Å². The van der Waals surface area contributed by atoms with Crippen LogP contribution in [0.3, 0.4) is 0 Å². The third kappa shape index (κ3) is 12.5. The van der Waals surface area contributed by atoms with E-state index in [0.717, 1.165) is 0 Å². The lowest BCUT2D eigenvalue weighted by atomic mass is 10.0. The standard InChI is InChI=1S/C20H38N8O7/c1-9(2)14(27-16(31)11(21)6-7-13(22)30)18(33)26-12(5-4-8-25-20(23)24)17(32)28-15(10(3)29)19(34)35/h9-12,14-15,29H,4-8,21H2,1-3H3,(H2,22,30)(H,26,33)(H,27,31)(H,28,32)(H,34,35)(H4,23,24,25). The SMILES string of the molecule is CC(C)C(NC(=O)C(N)CCC(N)=O)C(=O)NC(CCCN=C(N)N)C(=O)NC(C(=O)O)C(C)O. The topological polar surface area (TPSA) is 278 Å². The number of nitrogens with two attached hydrogens (primary N) is 4. The molecule has 0 saturated carbocycles. The van der Waals surface area contributed by atoms with Gasteiger partial charge in [-0.05, 0) is 32.1 Å². The molecule has 0 radical (unpaired) electrons. The summed E-state index contributed by atoms with van der Waals surface area (Å²) in [5.74, 6) is -4.94. The number of primary amides is 1. The fourth-order valence-electron chi connectivity index (χ4n) is 2.90. The second kappa shape index (κ2) is 15.4. The van der Waals surface area contributed by atoms with E-state index in [1.807, 2.05) is 0 Å². The Morgan fingerprint density at radius 3 is 1.89 bits per heavy atom. The van der Waals surface area contributed by atoms with Crippen molar-refractivity contribution in [2.75, 3.05) is 6.54 Å².